The van der Waals surface area contributed by atoms with Crippen LogP contribution in [0.3, 0.4) is 0 Å². The Morgan fingerprint density at radius 3 is 2.23 bits per heavy atom. The van der Waals surface area contributed by atoms with Crippen molar-refractivity contribution in [3.8, 4) is 11.5 Å². The van der Waals surface area contributed by atoms with Crippen LogP contribution in [0.1, 0.15) is 28.8 Å². The van der Waals surface area contributed by atoms with Crippen LogP contribution in [-0.4, -0.2) is 39.2 Å². The molecule has 0 radical (unpaired) electrons. The van der Waals surface area contributed by atoms with E-state index in [1.807, 2.05) is 42.5 Å². The van der Waals surface area contributed by atoms with Crippen LogP contribution in [0.25, 0.3) is 0 Å². The molecular weight excluding hydrogens is 444 g/mol. The average Bonchev–Trinajstić information content (AvgIpc) is 3.42. The summed E-state index contributed by atoms with van der Waals surface area (Å²) in [5.41, 5.74) is 3.35. The minimum Gasteiger partial charge on any atom is -0.496 e. The van der Waals surface area contributed by atoms with E-state index in [4.69, 9.17) is 9.47 Å². The van der Waals surface area contributed by atoms with Crippen LogP contribution >= 0.6 is 0 Å². The minimum absolute atomic E-state index is 0.239. The maximum atomic E-state index is 13.0. The van der Waals surface area contributed by atoms with Gasteiger partial charge in [-0.2, -0.15) is 0 Å². The molecule has 0 aromatic heterocycles. The first-order valence-electron chi connectivity index (χ1n) is 11.6. The second kappa shape index (κ2) is 11.3. The zero-order valence-electron chi connectivity index (χ0n) is 20.0. The number of anilines is 3. The van der Waals surface area contributed by atoms with Crippen molar-refractivity contribution in [2.75, 3.05) is 42.8 Å². The van der Waals surface area contributed by atoms with Gasteiger partial charge in [0.05, 0.1) is 31.3 Å². The molecule has 0 unspecified atom stereocenters. The summed E-state index contributed by atoms with van der Waals surface area (Å²) in [5.74, 6) is 1.04. The SMILES string of the molecule is COc1ccccc1CNC(=O)c1ccc(N2CCCC2)c(NC(=O)Nc2ccccc2OC)c1. The molecule has 3 aromatic rings. The maximum Gasteiger partial charge on any atom is 0.323 e. The molecule has 0 spiro atoms. The third-order valence-corrected chi connectivity index (χ3v) is 5.94. The number of hydrogen-bond donors (Lipinski definition) is 3. The van der Waals surface area contributed by atoms with Gasteiger partial charge in [-0.05, 0) is 49.2 Å². The number of hydrogen-bond acceptors (Lipinski definition) is 5. The molecule has 1 aliphatic rings. The number of amides is 3. The van der Waals surface area contributed by atoms with Crippen LogP contribution in [0.4, 0.5) is 21.9 Å². The van der Waals surface area contributed by atoms with Crippen LogP contribution in [0, 0.1) is 0 Å². The summed E-state index contributed by atoms with van der Waals surface area (Å²) >= 11 is 0. The Hall–Kier alpha value is -4.20. The average molecular weight is 475 g/mol. The Morgan fingerprint density at radius 1 is 0.829 bits per heavy atom. The highest BCUT2D eigenvalue weighted by molar-refractivity contribution is 6.04. The van der Waals surface area contributed by atoms with Gasteiger partial charge >= 0.3 is 6.03 Å². The zero-order chi connectivity index (χ0) is 24.6. The van der Waals surface area contributed by atoms with Gasteiger partial charge in [-0.25, -0.2) is 4.79 Å². The lowest BCUT2D eigenvalue weighted by Gasteiger charge is -2.22. The summed E-state index contributed by atoms with van der Waals surface area (Å²) in [7, 11) is 3.16. The lowest BCUT2D eigenvalue weighted by atomic mass is 10.1. The Kier molecular flexibility index (Phi) is 7.72. The minimum atomic E-state index is -0.415. The number of ether oxygens (including phenoxy) is 2. The molecule has 182 valence electrons. The van der Waals surface area contributed by atoms with Gasteiger partial charge in [-0.3, -0.25) is 4.79 Å². The predicted octanol–water partition coefficient (Wildman–Crippen LogP) is 4.88. The lowest BCUT2D eigenvalue weighted by molar-refractivity contribution is 0.0950. The molecule has 0 aliphatic carbocycles. The van der Waals surface area contributed by atoms with Crippen molar-refractivity contribution in [1.29, 1.82) is 0 Å². The van der Waals surface area contributed by atoms with Crippen molar-refractivity contribution >= 4 is 29.0 Å². The number of para-hydroxylation sites is 3. The Morgan fingerprint density at radius 2 is 1.49 bits per heavy atom. The summed E-state index contributed by atoms with van der Waals surface area (Å²) in [6.07, 6.45) is 2.18. The molecule has 3 amide bonds. The highest BCUT2D eigenvalue weighted by Crippen LogP contribution is 2.31. The van der Waals surface area contributed by atoms with E-state index in [9.17, 15) is 9.59 Å². The van der Waals surface area contributed by atoms with E-state index in [0.717, 1.165) is 37.2 Å². The number of carbonyl (C=O) groups is 2. The van der Waals surface area contributed by atoms with Gasteiger partial charge in [-0.1, -0.05) is 30.3 Å². The molecule has 3 aromatic carbocycles. The second-order valence-electron chi connectivity index (χ2n) is 8.20. The Bertz CT molecular complexity index is 1190. The van der Waals surface area contributed by atoms with E-state index < -0.39 is 6.03 Å². The van der Waals surface area contributed by atoms with Crippen LogP contribution in [0.2, 0.25) is 0 Å². The number of nitrogens with one attached hydrogen (secondary N) is 3. The third kappa shape index (κ3) is 5.84. The number of rotatable bonds is 8. The molecule has 8 heteroatoms. The number of nitrogens with zero attached hydrogens (tertiary/aromatic N) is 1. The van der Waals surface area contributed by atoms with Crippen LogP contribution in [0.15, 0.2) is 66.7 Å². The molecule has 35 heavy (non-hydrogen) atoms. The fraction of sp³-hybridized carbons (Fsp3) is 0.259. The van der Waals surface area contributed by atoms with Crippen LogP contribution in [-0.2, 0) is 6.54 Å². The van der Waals surface area contributed by atoms with E-state index in [0.29, 0.717) is 35.0 Å². The quantitative estimate of drug-likeness (QED) is 0.433. The van der Waals surface area contributed by atoms with Crippen molar-refractivity contribution in [2.45, 2.75) is 19.4 Å². The third-order valence-electron chi connectivity index (χ3n) is 5.94. The molecule has 0 atom stereocenters. The number of urea groups is 1. The molecule has 1 heterocycles. The Balaban J connectivity index is 1.52. The summed E-state index contributed by atoms with van der Waals surface area (Å²) in [5, 5.41) is 8.69. The highest BCUT2D eigenvalue weighted by Gasteiger charge is 2.19. The van der Waals surface area contributed by atoms with Gasteiger partial charge in [0.2, 0.25) is 0 Å². The number of benzene rings is 3. The van der Waals surface area contributed by atoms with Crippen molar-refractivity contribution in [2.24, 2.45) is 0 Å². The van der Waals surface area contributed by atoms with Gasteiger partial charge in [0, 0.05) is 30.8 Å². The van der Waals surface area contributed by atoms with E-state index >= 15 is 0 Å². The summed E-state index contributed by atoms with van der Waals surface area (Å²) in [6, 6.07) is 19.7. The largest absolute Gasteiger partial charge is 0.496 e. The maximum absolute atomic E-state index is 13.0. The van der Waals surface area contributed by atoms with Crippen LogP contribution in [0.5, 0.6) is 11.5 Å². The first-order valence-corrected chi connectivity index (χ1v) is 11.6. The van der Waals surface area contributed by atoms with E-state index in [1.165, 1.54) is 0 Å². The molecule has 0 bridgehead atoms. The predicted molar refractivity (Wildman–Crippen MR) is 138 cm³/mol. The van der Waals surface area contributed by atoms with Gasteiger partial charge in [0.1, 0.15) is 11.5 Å². The van der Waals surface area contributed by atoms with E-state index in [1.54, 1.807) is 38.5 Å². The second-order valence-corrected chi connectivity index (χ2v) is 8.20. The van der Waals surface area contributed by atoms with Gasteiger partial charge < -0.3 is 30.3 Å². The number of carbonyl (C=O) groups excluding carboxylic acids is 2. The summed E-state index contributed by atoms with van der Waals surface area (Å²) < 4.78 is 10.7. The molecule has 1 fully saturated rings. The highest BCUT2D eigenvalue weighted by atomic mass is 16.5. The van der Waals surface area contributed by atoms with Crippen molar-refractivity contribution < 1.29 is 19.1 Å². The molecule has 1 aliphatic heterocycles. The molecular formula is C27H30N4O4. The smallest absolute Gasteiger partial charge is 0.323 e. The summed E-state index contributed by atoms with van der Waals surface area (Å²) in [6.45, 7) is 2.14. The van der Waals surface area contributed by atoms with Crippen molar-refractivity contribution in [1.82, 2.24) is 5.32 Å². The molecule has 3 N–H and O–H groups in total. The standard InChI is InChI=1S/C27H30N4O4/c1-34-24-11-5-3-9-20(24)18-28-26(32)19-13-14-23(31-15-7-8-16-31)22(17-19)30-27(33)29-21-10-4-6-12-25(21)35-2/h3-6,9-14,17H,7-8,15-16,18H2,1-2H3,(H,28,32)(H2,29,30,33). The van der Waals surface area contributed by atoms with Crippen LogP contribution < -0.4 is 30.3 Å². The van der Waals surface area contributed by atoms with Gasteiger partial charge in [0.15, 0.2) is 0 Å². The fourth-order valence-corrected chi connectivity index (χ4v) is 4.16. The molecule has 1 saturated heterocycles. The first kappa shape index (κ1) is 23.9. The molecule has 0 saturated carbocycles. The lowest BCUT2D eigenvalue weighted by Crippen LogP contribution is -2.26. The van der Waals surface area contributed by atoms with Crippen molar-refractivity contribution in [3.05, 3.63) is 77.9 Å². The van der Waals surface area contributed by atoms with Gasteiger partial charge in [0.25, 0.3) is 5.91 Å². The van der Waals surface area contributed by atoms with E-state index in [-0.39, 0.29) is 5.91 Å². The van der Waals surface area contributed by atoms with E-state index in [2.05, 4.69) is 20.9 Å². The zero-order valence-corrected chi connectivity index (χ0v) is 20.0. The fourth-order valence-electron chi connectivity index (χ4n) is 4.16. The topological polar surface area (TPSA) is 91.9 Å². The summed E-state index contributed by atoms with van der Waals surface area (Å²) in [4.78, 5) is 28.0. The van der Waals surface area contributed by atoms with Crippen molar-refractivity contribution in [3.63, 3.8) is 0 Å². The molecule has 4 rings (SSSR count). The molecule has 8 nitrogen and oxygen atoms in total. The van der Waals surface area contributed by atoms with Gasteiger partial charge in [-0.15, -0.1) is 0 Å². The normalized spacial score (nSPS) is 12.7. The number of methoxy groups -OCH3 is 2. The Labute approximate surface area is 205 Å². The first-order chi connectivity index (χ1) is 17.1. The monoisotopic (exact) mass is 474 g/mol.